The van der Waals surface area contributed by atoms with Crippen LogP contribution < -0.4 is 0 Å². The SMILES string of the molecule is C#C[C@H]1CC[C@H]2[C@@H]3C=Cc4cc(O)ccc4[C@H]3CC[C@]12C. The highest BCUT2D eigenvalue weighted by Gasteiger charge is 2.53. The average Bonchev–Trinajstić information content (AvgIpc) is 2.83. The summed E-state index contributed by atoms with van der Waals surface area (Å²) in [4.78, 5) is 0. The number of phenolic OH excluding ortho intramolecular Hbond substituents is 1. The zero-order valence-corrected chi connectivity index (χ0v) is 12.5. The summed E-state index contributed by atoms with van der Waals surface area (Å²) in [5, 5.41) is 9.69. The van der Waals surface area contributed by atoms with Crippen molar-refractivity contribution < 1.29 is 5.11 Å². The van der Waals surface area contributed by atoms with Crippen LogP contribution in [0, 0.1) is 35.5 Å². The van der Waals surface area contributed by atoms with Crippen LogP contribution in [0.5, 0.6) is 5.75 Å². The molecule has 4 rings (SSSR count). The first-order valence-electron chi connectivity index (χ1n) is 8.11. The van der Waals surface area contributed by atoms with Gasteiger partial charge in [-0.1, -0.05) is 25.1 Å². The van der Waals surface area contributed by atoms with E-state index in [2.05, 4.69) is 31.1 Å². The van der Waals surface area contributed by atoms with E-state index in [9.17, 15) is 5.11 Å². The molecule has 1 heteroatoms. The second-order valence-corrected chi connectivity index (χ2v) is 7.30. The van der Waals surface area contributed by atoms with Gasteiger partial charge in [-0.15, -0.1) is 12.3 Å². The fourth-order valence-electron chi connectivity index (χ4n) is 5.36. The first-order valence-corrected chi connectivity index (χ1v) is 8.11. The Morgan fingerprint density at radius 2 is 2.14 bits per heavy atom. The molecule has 0 bridgehead atoms. The number of rotatable bonds is 0. The summed E-state index contributed by atoms with van der Waals surface area (Å²) >= 11 is 0. The molecule has 0 spiro atoms. The third-order valence-electron chi connectivity index (χ3n) is 6.50. The van der Waals surface area contributed by atoms with E-state index in [1.165, 1.54) is 36.8 Å². The van der Waals surface area contributed by atoms with E-state index >= 15 is 0 Å². The molecule has 0 radical (unpaired) electrons. The van der Waals surface area contributed by atoms with Crippen molar-refractivity contribution in [2.24, 2.45) is 23.2 Å². The molecule has 1 nitrogen and oxygen atoms in total. The Morgan fingerprint density at radius 3 is 2.95 bits per heavy atom. The van der Waals surface area contributed by atoms with Gasteiger partial charge in [-0.3, -0.25) is 0 Å². The normalized spacial score (nSPS) is 40.0. The van der Waals surface area contributed by atoms with Crippen molar-refractivity contribution in [1.29, 1.82) is 0 Å². The standard InChI is InChI=1S/C20H22O/c1-3-14-5-9-19-18-7-4-13-12-15(21)6-8-16(13)17(18)10-11-20(14,19)2/h1,4,6-8,12,14,17-19,21H,5,9-11H2,2H3/t14-,17+,18+,19-,20+/m0/s1. The molecular weight excluding hydrogens is 256 g/mol. The zero-order chi connectivity index (χ0) is 14.6. The molecule has 0 amide bonds. The molecule has 2 fully saturated rings. The van der Waals surface area contributed by atoms with Gasteiger partial charge in [0.25, 0.3) is 0 Å². The van der Waals surface area contributed by atoms with Crippen molar-refractivity contribution in [3.63, 3.8) is 0 Å². The largest absolute Gasteiger partial charge is 0.508 e. The fraction of sp³-hybridized carbons (Fsp3) is 0.500. The molecule has 1 N–H and O–H groups in total. The summed E-state index contributed by atoms with van der Waals surface area (Å²) in [5.41, 5.74) is 2.95. The number of hydrogen-bond donors (Lipinski definition) is 1. The minimum absolute atomic E-state index is 0.328. The van der Waals surface area contributed by atoms with E-state index in [1.807, 2.05) is 12.1 Å². The van der Waals surface area contributed by atoms with E-state index in [4.69, 9.17) is 6.42 Å². The summed E-state index contributed by atoms with van der Waals surface area (Å²) in [6, 6.07) is 5.86. The molecule has 0 unspecified atom stereocenters. The third kappa shape index (κ3) is 1.72. The molecule has 1 aromatic carbocycles. The van der Waals surface area contributed by atoms with Crippen LogP contribution in [0.4, 0.5) is 0 Å². The number of aromatic hydroxyl groups is 1. The number of allylic oxidation sites excluding steroid dienone is 1. The fourth-order valence-corrected chi connectivity index (χ4v) is 5.36. The van der Waals surface area contributed by atoms with E-state index in [1.54, 1.807) is 0 Å². The third-order valence-corrected chi connectivity index (χ3v) is 6.50. The highest BCUT2D eigenvalue weighted by atomic mass is 16.3. The van der Waals surface area contributed by atoms with Gasteiger partial charge < -0.3 is 5.11 Å². The van der Waals surface area contributed by atoms with Crippen LogP contribution in [0.1, 0.15) is 49.7 Å². The number of phenols is 1. The minimum atomic E-state index is 0.328. The number of hydrogen-bond acceptors (Lipinski definition) is 1. The first-order chi connectivity index (χ1) is 10.1. The van der Waals surface area contributed by atoms with Gasteiger partial charge in [0.15, 0.2) is 0 Å². The maximum absolute atomic E-state index is 9.69. The van der Waals surface area contributed by atoms with Crippen LogP contribution in [-0.4, -0.2) is 5.11 Å². The van der Waals surface area contributed by atoms with Crippen molar-refractivity contribution >= 4 is 6.08 Å². The van der Waals surface area contributed by atoms with Gasteiger partial charge in [-0.25, -0.2) is 0 Å². The number of fused-ring (bicyclic) bond motifs is 5. The molecule has 0 aromatic heterocycles. The first kappa shape index (κ1) is 13.0. The molecule has 3 aliphatic rings. The van der Waals surface area contributed by atoms with E-state index in [-0.39, 0.29) is 0 Å². The smallest absolute Gasteiger partial charge is 0.116 e. The van der Waals surface area contributed by atoms with Crippen LogP contribution in [0.15, 0.2) is 24.3 Å². The minimum Gasteiger partial charge on any atom is -0.508 e. The lowest BCUT2D eigenvalue weighted by atomic mass is 9.56. The van der Waals surface area contributed by atoms with Crippen molar-refractivity contribution in [3.8, 4) is 18.1 Å². The van der Waals surface area contributed by atoms with Crippen molar-refractivity contribution in [2.45, 2.75) is 38.5 Å². The highest BCUT2D eigenvalue weighted by molar-refractivity contribution is 5.61. The van der Waals surface area contributed by atoms with Crippen LogP contribution in [0.3, 0.4) is 0 Å². The molecule has 0 saturated heterocycles. The van der Waals surface area contributed by atoms with Gasteiger partial charge in [0, 0.05) is 5.92 Å². The van der Waals surface area contributed by atoms with Crippen LogP contribution in [0.25, 0.3) is 6.08 Å². The summed E-state index contributed by atoms with van der Waals surface area (Å²) in [7, 11) is 0. The van der Waals surface area contributed by atoms with Crippen LogP contribution >= 0.6 is 0 Å². The molecule has 0 aliphatic heterocycles. The predicted molar refractivity (Wildman–Crippen MR) is 85.8 cm³/mol. The van der Waals surface area contributed by atoms with Gasteiger partial charge >= 0.3 is 0 Å². The van der Waals surface area contributed by atoms with E-state index in [0.29, 0.717) is 28.9 Å². The van der Waals surface area contributed by atoms with Gasteiger partial charge in [-0.05, 0) is 72.1 Å². The second-order valence-electron chi connectivity index (χ2n) is 7.30. The van der Waals surface area contributed by atoms with Crippen molar-refractivity contribution in [3.05, 3.63) is 35.4 Å². The quantitative estimate of drug-likeness (QED) is 0.689. The van der Waals surface area contributed by atoms with Gasteiger partial charge in [0.05, 0.1) is 0 Å². The highest BCUT2D eigenvalue weighted by Crippen LogP contribution is 2.62. The van der Waals surface area contributed by atoms with Gasteiger partial charge in [-0.2, -0.15) is 0 Å². The summed E-state index contributed by atoms with van der Waals surface area (Å²) in [5.74, 6) is 5.85. The lowest BCUT2D eigenvalue weighted by molar-refractivity contribution is 0.0740. The van der Waals surface area contributed by atoms with Gasteiger partial charge in [0.2, 0.25) is 0 Å². The Morgan fingerprint density at radius 1 is 1.29 bits per heavy atom. The number of terminal acetylenes is 1. The summed E-state index contributed by atoms with van der Waals surface area (Å²) in [6.07, 6.45) is 15.3. The summed E-state index contributed by atoms with van der Waals surface area (Å²) < 4.78 is 0. The predicted octanol–water partition coefficient (Wildman–Crippen LogP) is 4.58. The van der Waals surface area contributed by atoms with E-state index < -0.39 is 0 Å². The van der Waals surface area contributed by atoms with E-state index in [0.717, 1.165) is 5.92 Å². The molecule has 0 heterocycles. The Labute approximate surface area is 127 Å². The molecular formula is C20H22O. The molecule has 1 aromatic rings. The molecule has 3 aliphatic carbocycles. The van der Waals surface area contributed by atoms with Crippen molar-refractivity contribution in [2.75, 3.05) is 0 Å². The Kier molecular flexibility index (Phi) is 2.73. The number of benzene rings is 1. The Bertz CT molecular complexity index is 650. The summed E-state index contributed by atoms with van der Waals surface area (Å²) in [6.45, 7) is 2.42. The second kappa shape index (κ2) is 4.41. The Hall–Kier alpha value is -1.68. The maximum atomic E-state index is 9.69. The zero-order valence-electron chi connectivity index (χ0n) is 12.5. The lowest BCUT2D eigenvalue weighted by Gasteiger charge is -2.48. The van der Waals surface area contributed by atoms with Gasteiger partial charge in [0.1, 0.15) is 5.75 Å². The monoisotopic (exact) mass is 278 g/mol. The maximum Gasteiger partial charge on any atom is 0.116 e. The molecule has 5 atom stereocenters. The topological polar surface area (TPSA) is 20.2 Å². The molecule has 108 valence electrons. The van der Waals surface area contributed by atoms with Crippen molar-refractivity contribution in [1.82, 2.24) is 0 Å². The molecule has 2 saturated carbocycles. The van der Waals surface area contributed by atoms with Crippen LogP contribution in [-0.2, 0) is 0 Å². The van der Waals surface area contributed by atoms with Crippen LogP contribution in [0.2, 0.25) is 0 Å². The average molecular weight is 278 g/mol. The lowest BCUT2D eigenvalue weighted by Crippen LogP contribution is -2.40. The Balaban J connectivity index is 1.74. The molecule has 21 heavy (non-hydrogen) atoms.